The van der Waals surface area contributed by atoms with Gasteiger partial charge >= 0.3 is 0 Å². The van der Waals surface area contributed by atoms with Gasteiger partial charge in [0.15, 0.2) is 0 Å². The van der Waals surface area contributed by atoms with Crippen molar-refractivity contribution in [3.63, 3.8) is 0 Å². The molecule has 5 nitrogen and oxygen atoms in total. The van der Waals surface area contributed by atoms with Crippen LogP contribution in [0.25, 0.3) is 0 Å². The molecule has 24 heavy (non-hydrogen) atoms. The van der Waals surface area contributed by atoms with Gasteiger partial charge in [0, 0.05) is 12.6 Å². The number of benzene rings is 1. The molecule has 0 spiro atoms. The van der Waals surface area contributed by atoms with Crippen LogP contribution in [0.2, 0.25) is 0 Å². The Labute approximate surface area is 143 Å². The van der Waals surface area contributed by atoms with E-state index in [4.69, 9.17) is 9.26 Å². The molecule has 5 heteroatoms. The van der Waals surface area contributed by atoms with Gasteiger partial charge in [-0.15, -0.1) is 0 Å². The summed E-state index contributed by atoms with van der Waals surface area (Å²) in [5.74, 6) is 2.01. The summed E-state index contributed by atoms with van der Waals surface area (Å²) in [6.45, 7) is 7.32. The van der Waals surface area contributed by atoms with Gasteiger partial charge in [0.05, 0.1) is 18.4 Å². The molecule has 1 atom stereocenters. The third-order valence-electron chi connectivity index (χ3n) is 4.67. The molecule has 2 heterocycles. The first-order valence-corrected chi connectivity index (χ1v) is 8.71. The first-order chi connectivity index (χ1) is 11.7. The van der Waals surface area contributed by atoms with E-state index in [1.807, 2.05) is 44.2 Å². The smallest absolute Gasteiger partial charge is 0.133 e. The van der Waals surface area contributed by atoms with E-state index in [9.17, 15) is 5.11 Å². The van der Waals surface area contributed by atoms with Crippen molar-refractivity contribution in [3.05, 3.63) is 47.3 Å². The van der Waals surface area contributed by atoms with Gasteiger partial charge in [-0.25, -0.2) is 0 Å². The summed E-state index contributed by atoms with van der Waals surface area (Å²) in [7, 11) is 0. The average molecular weight is 330 g/mol. The number of rotatable bonds is 6. The van der Waals surface area contributed by atoms with Gasteiger partial charge in [-0.1, -0.05) is 17.3 Å². The third-order valence-corrected chi connectivity index (χ3v) is 4.67. The van der Waals surface area contributed by atoms with Crippen LogP contribution >= 0.6 is 0 Å². The maximum absolute atomic E-state index is 10.7. The van der Waals surface area contributed by atoms with Crippen molar-refractivity contribution in [3.8, 4) is 5.75 Å². The lowest BCUT2D eigenvalue weighted by molar-refractivity contribution is 0.0561. The zero-order valence-corrected chi connectivity index (χ0v) is 14.4. The van der Waals surface area contributed by atoms with Crippen LogP contribution in [0.3, 0.4) is 0 Å². The predicted molar refractivity (Wildman–Crippen MR) is 91.8 cm³/mol. The van der Waals surface area contributed by atoms with E-state index in [1.54, 1.807) is 0 Å². The van der Waals surface area contributed by atoms with E-state index < -0.39 is 6.10 Å². The Balaban J connectivity index is 1.51. The van der Waals surface area contributed by atoms with E-state index in [0.29, 0.717) is 12.5 Å². The second kappa shape index (κ2) is 7.81. The largest absolute Gasteiger partial charge is 0.494 e. The second-order valence-electron chi connectivity index (χ2n) is 6.49. The summed E-state index contributed by atoms with van der Waals surface area (Å²) in [6.07, 6.45) is 1.58. The van der Waals surface area contributed by atoms with E-state index >= 15 is 0 Å². The van der Waals surface area contributed by atoms with Crippen molar-refractivity contribution in [1.82, 2.24) is 10.1 Å². The molecule has 1 fully saturated rings. The number of aryl methyl sites for hydroxylation is 1. The van der Waals surface area contributed by atoms with Gasteiger partial charge in [0.1, 0.15) is 11.5 Å². The maximum atomic E-state index is 10.7. The summed E-state index contributed by atoms with van der Waals surface area (Å²) in [4.78, 5) is 2.37. The van der Waals surface area contributed by atoms with Crippen LogP contribution in [0.5, 0.6) is 5.75 Å². The highest BCUT2D eigenvalue weighted by atomic mass is 16.5. The predicted octanol–water partition coefficient (Wildman–Crippen LogP) is 3.33. The minimum atomic E-state index is -0.405. The molecule has 0 saturated carbocycles. The van der Waals surface area contributed by atoms with Crippen molar-refractivity contribution in [1.29, 1.82) is 0 Å². The SMILES string of the molecule is CCOc1ccc(C(O)C2CCN(Cc3cc(C)on3)CC2)cc1. The summed E-state index contributed by atoms with van der Waals surface area (Å²) < 4.78 is 10.6. The van der Waals surface area contributed by atoms with Gasteiger partial charge in [-0.2, -0.15) is 0 Å². The molecular formula is C19H26N2O3. The lowest BCUT2D eigenvalue weighted by Gasteiger charge is -2.33. The summed E-state index contributed by atoms with van der Waals surface area (Å²) in [5, 5.41) is 14.7. The fraction of sp³-hybridized carbons (Fsp3) is 0.526. The van der Waals surface area contributed by atoms with Crippen molar-refractivity contribution in [2.24, 2.45) is 5.92 Å². The average Bonchev–Trinajstić information content (AvgIpc) is 3.01. The number of aliphatic hydroxyl groups is 1. The van der Waals surface area contributed by atoms with Gasteiger partial charge in [0.2, 0.25) is 0 Å². The minimum Gasteiger partial charge on any atom is -0.494 e. The van der Waals surface area contributed by atoms with Gasteiger partial charge in [-0.05, 0) is 63.4 Å². The molecular weight excluding hydrogens is 304 g/mol. The monoisotopic (exact) mass is 330 g/mol. The fourth-order valence-corrected chi connectivity index (χ4v) is 3.35. The standard InChI is InChI=1S/C19H26N2O3/c1-3-23-18-6-4-15(5-7-18)19(22)16-8-10-21(11-9-16)13-17-12-14(2)24-20-17/h4-7,12,16,19,22H,3,8-11,13H2,1-2H3. The van der Waals surface area contributed by atoms with Gasteiger partial charge in [0.25, 0.3) is 0 Å². The lowest BCUT2D eigenvalue weighted by Crippen LogP contribution is -2.35. The second-order valence-corrected chi connectivity index (χ2v) is 6.49. The zero-order valence-electron chi connectivity index (χ0n) is 14.4. The van der Waals surface area contributed by atoms with E-state index in [1.165, 1.54) is 0 Å². The number of aromatic nitrogens is 1. The van der Waals surface area contributed by atoms with Crippen molar-refractivity contribution in [2.75, 3.05) is 19.7 Å². The molecule has 1 aromatic heterocycles. The number of nitrogens with zero attached hydrogens (tertiary/aromatic N) is 2. The van der Waals surface area contributed by atoms with Gasteiger partial charge < -0.3 is 14.4 Å². The van der Waals surface area contributed by atoms with Gasteiger partial charge in [-0.3, -0.25) is 4.90 Å². The van der Waals surface area contributed by atoms with Crippen LogP contribution in [0.1, 0.15) is 42.9 Å². The molecule has 1 saturated heterocycles. The normalized spacial score (nSPS) is 17.8. The highest BCUT2D eigenvalue weighted by Crippen LogP contribution is 2.31. The highest BCUT2D eigenvalue weighted by Gasteiger charge is 2.26. The Morgan fingerprint density at radius 2 is 2.00 bits per heavy atom. The molecule has 0 radical (unpaired) electrons. The molecule has 1 aromatic carbocycles. The molecule has 130 valence electrons. The Morgan fingerprint density at radius 3 is 2.58 bits per heavy atom. The van der Waals surface area contributed by atoms with E-state index in [0.717, 1.165) is 55.2 Å². The van der Waals surface area contributed by atoms with Crippen LogP contribution < -0.4 is 4.74 Å². The maximum Gasteiger partial charge on any atom is 0.133 e. The molecule has 1 unspecified atom stereocenters. The van der Waals surface area contributed by atoms with Crippen molar-refractivity contribution >= 4 is 0 Å². The van der Waals surface area contributed by atoms with E-state index in [-0.39, 0.29) is 0 Å². The molecule has 0 bridgehead atoms. The summed E-state index contributed by atoms with van der Waals surface area (Å²) in [6, 6.07) is 9.80. The number of ether oxygens (including phenoxy) is 1. The molecule has 1 N–H and O–H groups in total. The summed E-state index contributed by atoms with van der Waals surface area (Å²) >= 11 is 0. The first-order valence-electron chi connectivity index (χ1n) is 8.71. The third kappa shape index (κ3) is 4.16. The Bertz CT molecular complexity index is 630. The topological polar surface area (TPSA) is 58.7 Å². The Hall–Kier alpha value is -1.85. The molecule has 0 amide bonds. The van der Waals surface area contributed by atoms with Crippen LogP contribution in [0.4, 0.5) is 0 Å². The molecule has 2 aromatic rings. The molecule has 0 aliphatic carbocycles. The number of aliphatic hydroxyl groups excluding tert-OH is 1. The molecule has 1 aliphatic heterocycles. The molecule has 3 rings (SSSR count). The zero-order chi connectivity index (χ0) is 16.9. The quantitative estimate of drug-likeness (QED) is 0.880. The summed E-state index contributed by atoms with van der Waals surface area (Å²) in [5.41, 5.74) is 1.96. The minimum absolute atomic E-state index is 0.304. The number of hydrogen-bond acceptors (Lipinski definition) is 5. The van der Waals surface area contributed by atoms with E-state index in [2.05, 4.69) is 10.1 Å². The molecule has 1 aliphatic rings. The number of piperidine rings is 1. The van der Waals surface area contributed by atoms with Crippen LogP contribution in [-0.2, 0) is 6.54 Å². The van der Waals surface area contributed by atoms with Crippen LogP contribution in [0, 0.1) is 12.8 Å². The lowest BCUT2D eigenvalue weighted by atomic mass is 9.87. The van der Waals surface area contributed by atoms with Crippen LogP contribution in [0.15, 0.2) is 34.9 Å². The Morgan fingerprint density at radius 1 is 1.29 bits per heavy atom. The van der Waals surface area contributed by atoms with Crippen molar-refractivity contribution in [2.45, 2.75) is 39.3 Å². The first kappa shape index (κ1) is 17.0. The highest BCUT2D eigenvalue weighted by molar-refractivity contribution is 5.28. The van der Waals surface area contributed by atoms with Crippen molar-refractivity contribution < 1.29 is 14.4 Å². The Kier molecular flexibility index (Phi) is 5.53. The number of hydrogen-bond donors (Lipinski definition) is 1. The number of likely N-dealkylation sites (tertiary alicyclic amines) is 1. The van der Waals surface area contributed by atoms with Crippen LogP contribution in [-0.4, -0.2) is 34.9 Å². The fourth-order valence-electron chi connectivity index (χ4n) is 3.35.